The van der Waals surface area contributed by atoms with Crippen LogP contribution in [0.15, 0.2) is 35.9 Å². The highest BCUT2D eigenvalue weighted by Crippen LogP contribution is 2.32. The van der Waals surface area contributed by atoms with Crippen molar-refractivity contribution in [3.05, 3.63) is 41.5 Å². The van der Waals surface area contributed by atoms with E-state index in [9.17, 15) is 5.26 Å². The Balaban J connectivity index is 2.42. The summed E-state index contributed by atoms with van der Waals surface area (Å²) in [4.78, 5) is 0. The zero-order valence-corrected chi connectivity index (χ0v) is 10.1. The van der Waals surface area contributed by atoms with E-state index in [0.29, 0.717) is 0 Å². The molecular formula is C15H17NO. The minimum Gasteiger partial charge on any atom is -0.377 e. The van der Waals surface area contributed by atoms with Crippen molar-refractivity contribution in [1.29, 1.82) is 5.26 Å². The standard InChI is InChI=1S/C15H17NO/c1-17-15-10-6-5-9-13(15)14(11-16)12-7-3-2-4-8-12/h2-4,7-8,15H,5-6,9-10H2,1H3. The van der Waals surface area contributed by atoms with Crippen molar-refractivity contribution in [3.8, 4) is 6.07 Å². The van der Waals surface area contributed by atoms with Crippen LogP contribution in [0.4, 0.5) is 0 Å². The predicted octanol–water partition coefficient (Wildman–Crippen LogP) is 3.55. The highest BCUT2D eigenvalue weighted by Gasteiger charge is 2.22. The Bertz CT molecular complexity index is 442. The fraction of sp³-hybridized carbons (Fsp3) is 0.400. The van der Waals surface area contributed by atoms with Crippen LogP contribution in [0.25, 0.3) is 5.57 Å². The molecule has 1 atom stereocenters. The first-order valence-corrected chi connectivity index (χ1v) is 6.08. The smallest absolute Gasteiger partial charge is 0.0998 e. The van der Waals surface area contributed by atoms with E-state index in [1.54, 1.807) is 7.11 Å². The van der Waals surface area contributed by atoms with Crippen molar-refractivity contribution in [3.63, 3.8) is 0 Å². The van der Waals surface area contributed by atoms with E-state index in [1.807, 2.05) is 30.3 Å². The summed E-state index contributed by atoms with van der Waals surface area (Å²) in [6, 6.07) is 12.2. The van der Waals surface area contributed by atoms with Crippen LogP contribution in [0.2, 0.25) is 0 Å². The topological polar surface area (TPSA) is 33.0 Å². The molecule has 0 amide bonds. The molecule has 17 heavy (non-hydrogen) atoms. The Morgan fingerprint density at radius 2 is 2.06 bits per heavy atom. The second kappa shape index (κ2) is 5.65. The van der Waals surface area contributed by atoms with Gasteiger partial charge in [0.1, 0.15) is 0 Å². The maximum Gasteiger partial charge on any atom is 0.0998 e. The molecule has 1 saturated carbocycles. The quantitative estimate of drug-likeness (QED) is 0.724. The Kier molecular flexibility index (Phi) is 3.95. The molecule has 1 aromatic rings. The molecule has 0 bridgehead atoms. The van der Waals surface area contributed by atoms with Gasteiger partial charge >= 0.3 is 0 Å². The van der Waals surface area contributed by atoms with Crippen LogP contribution in [0.5, 0.6) is 0 Å². The highest BCUT2D eigenvalue weighted by atomic mass is 16.5. The number of benzene rings is 1. The van der Waals surface area contributed by atoms with Crippen LogP contribution in [-0.2, 0) is 4.74 Å². The number of ether oxygens (including phenoxy) is 1. The summed E-state index contributed by atoms with van der Waals surface area (Å²) < 4.78 is 5.50. The first-order chi connectivity index (χ1) is 8.36. The molecule has 0 radical (unpaired) electrons. The third kappa shape index (κ3) is 2.57. The minimum absolute atomic E-state index is 0.124. The van der Waals surface area contributed by atoms with Crippen molar-refractivity contribution in [2.24, 2.45) is 0 Å². The van der Waals surface area contributed by atoms with Crippen LogP contribution in [0, 0.1) is 11.3 Å². The Morgan fingerprint density at radius 1 is 1.29 bits per heavy atom. The maximum atomic E-state index is 9.38. The van der Waals surface area contributed by atoms with E-state index >= 15 is 0 Å². The van der Waals surface area contributed by atoms with E-state index in [-0.39, 0.29) is 6.10 Å². The highest BCUT2D eigenvalue weighted by molar-refractivity contribution is 5.79. The lowest BCUT2D eigenvalue weighted by molar-refractivity contribution is 0.110. The first kappa shape index (κ1) is 11.9. The predicted molar refractivity (Wildman–Crippen MR) is 68.2 cm³/mol. The molecular weight excluding hydrogens is 210 g/mol. The van der Waals surface area contributed by atoms with Crippen molar-refractivity contribution >= 4 is 5.57 Å². The monoisotopic (exact) mass is 227 g/mol. The molecule has 88 valence electrons. The van der Waals surface area contributed by atoms with Gasteiger partial charge < -0.3 is 4.74 Å². The normalized spacial score (nSPS) is 22.9. The van der Waals surface area contributed by atoms with Gasteiger partial charge in [0.2, 0.25) is 0 Å². The largest absolute Gasteiger partial charge is 0.377 e. The molecule has 1 aliphatic rings. The molecule has 2 rings (SSSR count). The lowest BCUT2D eigenvalue weighted by Gasteiger charge is -2.25. The van der Waals surface area contributed by atoms with Crippen LogP contribution in [0.3, 0.4) is 0 Å². The summed E-state index contributed by atoms with van der Waals surface area (Å²) in [6.07, 6.45) is 4.49. The van der Waals surface area contributed by atoms with Gasteiger partial charge in [0, 0.05) is 7.11 Å². The molecule has 0 aromatic heterocycles. The average molecular weight is 227 g/mol. The molecule has 2 heteroatoms. The number of methoxy groups -OCH3 is 1. The van der Waals surface area contributed by atoms with Gasteiger partial charge in [0.15, 0.2) is 0 Å². The Labute approximate surface area is 103 Å². The van der Waals surface area contributed by atoms with E-state index < -0.39 is 0 Å². The zero-order chi connectivity index (χ0) is 12.1. The lowest BCUT2D eigenvalue weighted by Crippen LogP contribution is -2.19. The summed E-state index contributed by atoms with van der Waals surface area (Å²) in [6.45, 7) is 0. The molecule has 0 heterocycles. The van der Waals surface area contributed by atoms with Crippen molar-refractivity contribution < 1.29 is 4.74 Å². The van der Waals surface area contributed by atoms with E-state index in [2.05, 4.69) is 6.07 Å². The summed E-state index contributed by atoms with van der Waals surface area (Å²) in [5, 5.41) is 9.38. The number of hydrogen-bond acceptors (Lipinski definition) is 2. The van der Waals surface area contributed by atoms with Gasteiger partial charge in [-0.2, -0.15) is 5.26 Å². The summed E-state index contributed by atoms with van der Waals surface area (Å²) >= 11 is 0. The first-order valence-electron chi connectivity index (χ1n) is 6.08. The Morgan fingerprint density at radius 3 is 2.71 bits per heavy atom. The number of rotatable bonds is 2. The second-order valence-electron chi connectivity index (χ2n) is 4.35. The van der Waals surface area contributed by atoms with E-state index in [4.69, 9.17) is 4.74 Å². The number of hydrogen-bond donors (Lipinski definition) is 0. The summed E-state index contributed by atoms with van der Waals surface area (Å²) in [5.41, 5.74) is 2.98. The average Bonchev–Trinajstić information content (AvgIpc) is 2.41. The van der Waals surface area contributed by atoms with Crippen LogP contribution >= 0.6 is 0 Å². The molecule has 1 unspecified atom stereocenters. The van der Waals surface area contributed by atoms with Gasteiger partial charge in [-0.1, -0.05) is 36.8 Å². The Hall–Kier alpha value is -1.59. The summed E-state index contributed by atoms with van der Waals surface area (Å²) in [5.74, 6) is 0. The number of allylic oxidation sites excluding steroid dienone is 1. The molecule has 1 fully saturated rings. The van der Waals surface area contributed by atoms with E-state index in [0.717, 1.165) is 30.4 Å². The number of nitrogens with zero attached hydrogens (tertiary/aromatic N) is 1. The van der Waals surface area contributed by atoms with Crippen LogP contribution in [-0.4, -0.2) is 13.2 Å². The van der Waals surface area contributed by atoms with Crippen molar-refractivity contribution in [2.75, 3.05) is 7.11 Å². The van der Waals surface area contributed by atoms with Crippen LogP contribution in [0.1, 0.15) is 31.2 Å². The van der Waals surface area contributed by atoms with Crippen molar-refractivity contribution in [2.45, 2.75) is 31.8 Å². The van der Waals surface area contributed by atoms with Crippen LogP contribution < -0.4 is 0 Å². The van der Waals surface area contributed by atoms with E-state index in [1.165, 1.54) is 12.0 Å². The third-order valence-electron chi connectivity index (χ3n) is 3.33. The molecule has 0 N–H and O–H groups in total. The minimum atomic E-state index is 0.124. The third-order valence-corrected chi connectivity index (χ3v) is 3.33. The lowest BCUT2D eigenvalue weighted by atomic mass is 9.86. The SMILES string of the molecule is COC1CCCCC1=C(C#N)c1ccccc1. The number of nitriles is 1. The molecule has 0 aliphatic heterocycles. The molecule has 0 saturated heterocycles. The van der Waals surface area contributed by atoms with Gasteiger partial charge in [-0.15, -0.1) is 0 Å². The summed E-state index contributed by atoms with van der Waals surface area (Å²) in [7, 11) is 1.73. The molecule has 2 nitrogen and oxygen atoms in total. The fourth-order valence-corrected chi connectivity index (χ4v) is 2.45. The van der Waals surface area contributed by atoms with Gasteiger partial charge in [-0.25, -0.2) is 0 Å². The molecule has 1 aliphatic carbocycles. The fourth-order valence-electron chi connectivity index (χ4n) is 2.45. The zero-order valence-electron chi connectivity index (χ0n) is 10.1. The molecule has 0 spiro atoms. The van der Waals surface area contributed by atoms with Gasteiger partial charge in [-0.05, 0) is 30.4 Å². The maximum absolute atomic E-state index is 9.38. The van der Waals surface area contributed by atoms with Gasteiger partial charge in [-0.3, -0.25) is 0 Å². The molecule has 1 aromatic carbocycles. The van der Waals surface area contributed by atoms with Crippen molar-refractivity contribution in [1.82, 2.24) is 0 Å². The van der Waals surface area contributed by atoms with Gasteiger partial charge in [0.25, 0.3) is 0 Å². The van der Waals surface area contributed by atoms with Gasteiger partial charge in [0.05, 0.1) is 17.7 Å². The second-order valence-corrected chi connectivity index (χ2v) is 4.35.